The van der Waals surface area contributed by atoms with Crippen LogP contribution in [0.15, 0.2) is 89.4 Å². The summed E-state index contributed by atoms with van der Waals surface area (Å²) in [5.41, 5.74) is 3.94. The number of Topliss-reactive ketones (excluding diaryl/α,β-unsaturated/α-hetero) is 1. The second-order valence-corrected chi connectivity index (χ2v) is 11.7. The first-order valence-corrected chi connectivity index (χ1v) is 14.5. The molecule has 2 aliphatic rings. The maximum absolute atomic E-state index is 13.3. The van der Waals surface area contributed by atoms with Gasteiger partial charge in [0, 0.05) is 21.0 Å². The maximum Gasteiger partial charge on any atom is 0.339 e. The second-order valence-electron chi connectivity index (χ2n) is 10.8. The molecule has 6 rings (SSSR count). The van der Waals surface area contributed by atoms with Gasteiger partial charge >= 0.3 is 5.97 Å². The minimum Gasteiger partial charge on any atom is -0.454 e. The zero-order valence-electron chi connectivity index (χ0n) is 23.0. The van der Waals surface area contributed by atoms with E-state index in [2.05, 4.69) is 15.9 Å². The first-order chi connectivity index (χ1) is 20.2. The van der Waals surface area contributed by atoms with Crippen LogP contribution >= 0.6 is 15.9 Å². The molecule has 2 heterocycles. The van der Waals surface area contributed by atoms with Gasteiger partial charge in [-0.1, -0.05) is 77.5 Å². The Balaban J connectivity index is 1.32. The molecule has 0 bridgehead atoms. The standard InChI is InChI=1S/C34H27BrN2O5/c1-19-7-6-10-25-30(19)33(40)37(32(25)39)24-13-11-21(12-14-24)28-17-27(26-16-23(35)15-20(2)31(26)36-28)34(41)42-18-29(38)22-8-4-3-5-9-22/h3-9,11-17,19,25,30H,10,18H2,1-2H3. The average Bonchev–Trinajstić information content (AvgIpc) is 3.26. The number of esters is 1. The fraction of sp³-hybridized carbons (Fsp3) is 0.206. The summed E-state index contributed by atoms with van der Waals surface area (Å²) < 4.78 is 6.25. The number of halogens is 1. The number of fused-ring (bicyclic) bond motifs is 2. The zero-order valence-corrected chi connectivity index (χ0v) is 24.6. The van der Waals surface area contributed by atoms with Crippen LogP contribution in [0.3, 0.4) is 0 Å². The number of pyridine rings is 1. The van der Waals surface area contributed by atoms with Crippen molar-refractivity contribution in [2.45, 2.75) is 20.3 Å². The number of hydrogen-bond donors (Lipinski definition) is 0. The third-order valence-electron chi connectivity index (χ3n) is 8.01. The summed E-state index contributed by atoms with van der Waals surface area (Å²) in [6.07, 6.45) is 4.56. The molecule has 1 fully saturated rings. The number of allylic oxidation sites excluding steroid dienone is 2. The highest BCUT2D eigenvalue weighted by atomic mass is 79.9. The molecule has 210 valence electrons. The lowest BCUT2D eigenvalue weighted by molar-refractivity contribution is -0.122. The van der Waals surface area contributed by atoms with Crippen LogP contribution in [0.1, 0.15) is 39.6 Å². The van der Waals surface area contributed by atoms with Crippen molar-refractivity contribution in [2.24, 2.45) is 17.8 Å². The summed E-state index contributed by atoms with van der Waals surface area (Å²) in [7, 11) is 0. The highest BCUT2D eigenvalue weighted by Crippen LogP contribution is 2.41. The van der Waals surface area contributed by atoms with Crippen LogP contribution in [0.25, 0.3) is 22.2 Å². The summed E-state index contributed by atoms with van der Waals surface area (Å²) in [6.45, 7) is 3.48. The number of benzene rings is 3. The summed E-state index contributed by atoms with van der Waals surface area (Å²) in [5.74, 6) is -1.94. The SMILES string of the molecule is Cc1cc(Br)cc2c(C(=O)OCC(=O)c3ccccc3)cc(-c3ccc(N4C(=O)C5CC=CC(C)C5C4=O)cc3)nc12. The zero-order chi connectivity index (χ0) is 29.5. The van der Waals surface area contributed by atoms with Crippen molar-refractivity contribution in [3.05, 3.63) is 106 Å². The number of hydrogen-bond acceptors (Lipinski definition) is 6. The van der Waals surface area contributed by atoms with Crippen molar-refractivity contribution in [3.8, 4) is 11.3 Å². The molecule has 7 nitrogen and oxygen atoms in total. The molecule has 3 unspecified atom stereocenters. The minimum absolute atomic E-state index is 0.00992. The number of rotatable bonds is 6. The monoisotopic (exact) mass is 622 g/mol. The third kappa shape index (κ3) is 4.96. The smallest absolute Gasteiger partial charge is 0.339 e. The van der Waals surface area contributed by atoms with Crippen LogP contribution in [-0.4, -0.2) is 35.2 Å². The summed E-state index contributed by atoms with van der Waals surface area (Å²) in [4.78, 5) is 58.5. The lowest BCUT2D eigenvalue weighted by Crippen LogP contribution is -2.31. The molecule has 2 amide bonds. The first-order valence-electron chi connectivity index (χ1n) is 13.7. The number of ether oxygens (including phenoxy) is 1. The minimum atomic E-state index is -0.638. The van der Waals surface area contributed by atoms with E-state index >= 15 is 0 Å². The van der Waals surface area contributed by atoms with Gasteiger partial charge in [-0.25, -0.2) is 9.78 Å². The molecular weight excluding hydrogens is 596 g/mol. The molecule has 1 aromatic heterocycles. The van der Waals surface area contributed by atoms with E-state index in [0.29, 0.717) is 39.8 Å². The summed E-state index contributed by atoms with van der Waals surface area (Å²) >= 11 is 3.50. The number of carbonyl (C=O) groups is 4. The van der Waals surface area contributed by atoms with Gasteiger partial charge in [-0.2, -0.15) is 0 Å². The number of aromatic nitrogens is 1. The van der Waals surface area contributed by atoms with E-state index in [-0.39, 0.29) is 40.9 Å². The molecule has 42 heavy (non-hydrogen) atoms. The maximum atomic E-state index is 13.3. The molecule has 4 aromatic rings. The number of imide groups is 1. The van der Waals surface area contributed by atoms with Gasteiger partial charge in [0.1, 0.15) is 0 Å². The molecule has 1 saturated heterocycles. The van der Waals surface area contributed by atoms with Gasteiger partial charge in [-0.3, -0.25) is 19.3 Å². The van der Waals surface area contributed by atoms with Crippen molar-refractivity contribution in [1.82, 2.24) is 4.98 Å². The number of amides is 2. The normalized spacial score (nSPS) is 19.7. The Labute approximate surface area is 251 Å². The number of ketones is 1. The Hall–Kier alpha value is -4.43. The summed E-state index contributed by atoms with van der Waals surface area (Å²) in [5, 5.41) is 0.595. The van der Waals surface area contributed by atoms with Crippen molar-refractivity contribution < 1.29 is 23.9 Å². The van der Waals surface area contributed by atoms with E-state index in [4.69, 9.17) is 9.72 Å². The van der Waals surface area contributed by atoms with E-state index in [9.17, 15) is 19.2 Å². The molecule has 0 radical (unpaired) electrons. The molecule has 8 heteroatoms. The number of carbonyl (C=O) groups excluding carboxylic acids is 4. The van der Waals surface area contributed by atoms with Gasteiger partial charge in [-0.15, -0.1) is 0 Å². The van der Waals surface area contributed by atoms with Crippen LogP contribution < -0.4 is 4.90 Å². The lowest BCUT2D eigenvalue weighted by Gasteiger charge is -2.22. The molecule has 3 atom stereocenters. The predicted octanol–water partition coefficient (Wildman–Crippen LogP) is 6.71. The Morgan fingerprint density at radius 3 is 2.45 bits per heavy atom. The van der Waals surface area contributed by atoms with Crippen LogP contribution in [0, 0.1) is 24.7 Å². The molecule has 0 N–H and O–H groups in total. The molecule has 1 aliphatic heterocycles. The van der Waals surface area contributed by atoms with Gasteiger partial charge < -0.3 is 4.74 Å². The molecular formula is C34H27BrN2O5. The van der Waals surface area contributed by atoms with Gasteiger partial charge in [-0.05, 0) is 55.2 Å². The fourth-order valence-electron chi connectivity index (χ4n) is 5.87. The van der Waals surface area contributed by atoms with E-state index < -0.39 is 12.6 Å². The third-order valence-corrected chi connectivity index (χ3v) is 8.47. The van der Waals surface area contributed by atoms with Crippen LogP contribution in [-0.2, 0) is 14.3 Å². The number of anilines is 1. The van der Waals surface area contributed by atoms with E-state index in [1.807, 2.05) is 38.1 Å². The largest absolute Gasteiger partial charge is 0.454 e. The van der Waals surface area contributed by atoms with Gasteiger partial charge in [0.15, 0.2) is 12.4 Å². The second kappa shape index (κ2) is 11.1. The summed E-state index contributed by atoms with van der Waals surface area (Å²) in [6, 6.07) is 21.1. The Morgan fingerprint density at radius 1 is 1.00 bits per heavy atom. The predicted molar refractivity (Wildman–Crippen MR) is 163 cm³/mol. The van der Waals surface area contributed by atoms with Gasteiger partial charge in [0.05, 0.1) is 34.3 Å². The Bertz CT molecular complexity index is 1780. The van der Waals surface area contributed by atoms with Gasteiger partial charge in [0.2, 0.25) is 11.8 Å². The lowest BCUT2D eigenvalue weighted by atomic mass is 9.78. The van der Waals surface area contributed by atoms with Crippen molar-refractivity contribution >= 4 is 56.1 Å². The first kappa shape index (κ1) is 27.7. The molecule has 1 aliphatic carbocycles. The topological polar surface area (TPSA) is 93.6 Å². The highest BCUT2D eigenvalue weighted by molar-refractivity contribution is 9.10. The quantitative estimate of drug-likeness (QED) is 0.103. The van der Waals surface area contributed by atoms with Crippen LogP contribution in [0.5, 0.6) is 0 Å². The van der Waals surface area contributed by atoms with Crippen LogP contribution in [0.2, 0.25) is 0 Å². The average molecular weight is 624 g/mol. The number of nitrogens with zero attached hydrogens (tertiary/aromatic N) is 2. The van der Waals surface area contributed by atoms with Gasteiger partial charge in [0.25, 0.3) is 0 Å². The van der Waals surface area contributed by atoms with E-state index in [1.54, 1.807) is 60.7 Å². The highest BCUT2D eigenvalue weighted by Gasteiger charge is 2.50. The van der Waals surface area contributed by atoms with Crippen LogP contribution in [0.4, 0.5) is 5.69 Å². The molecule has 0 saturated carbocycles. The van der Waals surface area contributed by atoms with E-state index in [0.717, 1.165) is 10.0 Å². The molecule has 0 spiro atoms. The Morgan fingerprint density at radius 2 is 1.74 bits per heavy atom. The van der Waals surface area contributed by atoms with E-state index in [1.165, 1.54) is 4.90 Å². The number of aryl methyl sites for hydroxylation is 1. The van der Waals surface area contributed by atoms with Crippen molar-refractivity contribution in [2.75, 3.05) is 11.5 Å². The van der Waals surface area contributed by atoms with Crippen molar-refractivity contribution in [1.29, 1.82) is 0 Å². The Kier molecular flexibility index (Phi) is 7.33. The molecule has 3 aromatic carbocycles. The van der Waals surface area contributed by atoms with Crippen molar-refractivity contribution in [3.63, 3.8) is 0 Å². The fourth-order valence-corrected chi connectivity index (χ4v) is 6.44.